The Hall–Kier alpha value is -2.39. The van der Waals surface area contributed by atoms with Gasteiger partial charge >= 0.3 is 6.18 Å². The second-order valence-corrected chi connectivity index (χ2v) is 8.39. The number of halogens is 3. The van der Waals surface area contributed by atoms with Crippen molar-refractivity contribution in [3.8, 4) is 5.75 Å². The molecule has 29 heavy (non-hydrogen) atoms. The molecule has 1 heterocycles. The Morgan fingerprint density at radius 2 is 1.79 bits per heavy atom. The van der Waals surface area contributed by atoms with Crippen molar-refractivity contribution in [2.75, 3.05) is 19.7 Å². The van der Waals surface area contributed by atoms with E-state index in [-0.39, 0.29) is 30.9 Å². The van der Waals surface area contributed by atoms with Crippen molar-refractivity contribution in [1.29, 1.82) is 0 Å². The maximum absolute atomic E-state index is 12.7. The van der Waals surface area contributed by atoms with Crippen LogP contribution in [0.1, 0.15) is 17.5 Å². The van der Waals surface area contributed by atoms with E-state index in [1.165, 1.54) is 12.1 Å². The first-order chi connectivity index (χ1) is 13.8. The van der Waals surface area contributed by atoms with Crippen LogP contribution in [0.15, 0.2) is 53.4 Å². The highest BCUT2D eigenvalue weighted by molar-refractivity contribution is 7.85. The third-order valence-corrected chi connectivity index (χ3v) is 6.41. The predicted octanol–water partition coefficient (Wildman–Crippen LogP) is 2.99. The van der Waals surface area contributed by atoms with Crippen LogP contribution in [0.25, 0.3) is 0 Å². The maximum Gasteiger partial charge on any atom is 0.416 e. The van der Waals surface area contributed by atoms with E-state index in [1.807, 2.05) is 0 Å². The number of amides is 1. The Labute approximate surface area is 168 Å². The molecule has 9 heteroatoms. The summed E-state index contributed by atoms with van der Waals surface area (Å²) in [6.45, 7) is 0.435. The fourth-order valence-electron chi connectivity index (χ4n) is 3.03. The van der Waals surface area contributed by atoms with Gasteiger partial charge in [0.05, 0.1) is 28.2 Å². The van der Waals surface area contributed by atoms with Gasteiger partial charge in [-0.2, -0.15) is 13.2 Å². The van der Waals surface area contributed by atoms with Crippen LogP contribution in [0.3, 0.4) is 0 Å². The maximum atomic E-state index is 12.7. The Balaban J connectivity index is 1.53. The first-order valence-corrected chi connectivity index (χ1v) is 10.2. The molecule has 1 saturated heterocycles. The molecule has 2 atom stereocenters. The number of rotatable bonds is 6. The molecule has 0 spiro atoms. The van der Waals surface area contributed by atoms with Crippen molar-refractivity contribution in [3.05, 3.63) is 59.7 Å². The van der Waals surface area contributed by atoms with Crippen molar-refractivity contribution in [3.63, 3.8) is 0 Å². The van der Waals surface area contributed by atoms with Gasteiger partial charge in [-0.15, -0.1) is 0 Å². The minimum absolute atomic E-state index is 0.0789. The molecule has 1 aliphatic heterocycles. The van der Waals surface area contributed by atoms with Crippen LogP contribution in [-0.2, 0) is 28.4 Å². The Bertz CT molecular complexity index is 869. The molecule has 2 aromatic rings. The van der Waals surface area contributed by atoms with E-state index in [1.54, 1.807) is 29.2 Å². The Morgan fingerprint density at radius 1 is 1.14 bits per heavy atom. The highest BCUT2D eigenvalue weighted by Crippen LogP contribution is 2.30. The van der Waals surface area contributed by atoms with Crippen molar-refractivity contribution in [2.24, 2.45) is 0 Å². The Morgan fingerprint density at radius 3 is 2.38 bits per heavy atom. The number of likely N-dealkylation sites (tertiary alicyclic amines) is 1. The third-order valence-electron chi connectivity index (χ3n) is 4.68. The molecule has 0 aromatic heterocycles. The smallest absolute Gasteiger partial charge is 0.416 e. The van der Waals surface area contributed by atoms with Gasteiger partial charge in [-0.3, -0.25) is 9.00 Å². The first-order valence-electron chi connectivity index (χ1n) is 8.96. The van der Waals surface area contributed by atoms with E-state index in [9.17, 15) is 22.2 Å². The van der Waals surface area contributed by atoms with Crippen LogP contribution in [0.4, 0.5) is 13.2 Å². The summed E-state index contributed by atoms with van der Waals surface area (Å²) in [7, 11) is -1.50. The van der Waals surface area contributed by atoms with Crippen molar-refractivity contribution >= 4 is 16.7 Å². The van der Waals surface area contributed by atoms with Crippen LogP contribution in [0, 0.1) is 0 Å². The molecule has 0 bridgehead atoms. The molecule has 5 nitrogen and oxygen atoms in total. The number of hydrogen-bond donors (Lipinski definition) is 1. The van der Waals surface area contributed by atoms with Gasteiger partial charge < -0.3 is 14.7 Å². The molecule has 1 aliphatic rings. The molecule has 1 amide bonds. The van der Waals surface area contributed by atoms with Gasteiger partial charge in [0.1, 0.15) is 5.75 Å². The van der Waals surface area contributed by atoms with Gasteiger partial charge in [0, 0.05) is 18.0 Å². The van der Waals surface area contributed by atoms with E-state index in [2.05, 4.69) is 0 Å². The zero-order chi connectivity index (χ0) is 21.0. The number of aliphatic hydroxyl groups excluding tert-OH is 1. The number of carbonyl (C=O) groups is 1. The molecule has 0 aliphatic carbocycles. The summed E-state index contributed by atoms with van der Waals surface area (Å²) >= 11 is 0. The molecule has 156 valence electrons. The number of benzene rings is 2. The highest BCUT2D eigenvalue weighted by atomic mass is 32.2. The summed E-state index contributed by atoms with van der Waals surface area (Å²) in [5, 5.41) is 8.68. The third kappa shape index (κ3) is 5.36. The lowest BCUT2D eigenvalue weighted by Gasteiger charge is -2.17. The van der Waals surface area contributed by atoms with Gasteiger partial charge in [0.2, 0.25) is 0 Å². The topological polar surface area (TPSA) is 66.8 Å². The van der Waals surface area contributed by atoms with Crippen molar-refractivity contribution in [1.82, 2.24) is 4.90 Å². The Kier molecular flexibility index (Phi) is 6.59. The number of nitrogens with zero attached hydrogens (tertiary/aromatic N) is 1. The standard InChI is InChI=1S/C20H20F3NO4S/c21-20(22,23)15-3-7-17(8-4-15)29(27)18-9-10-24(11-18)19(26)13-28-16-5-1-14(12-25)2-6-16/h1-8,18,25H,9-13H2. The molecular weight excluding hydrogens is 407 g/mol. The molecule has 1 N–H and O–H groups in total. The average molecular weight is 427 g/mol. The van der Waals surface area contributed by atoms with Crippen LogP contribution in [0.2, 0.25) is 0 Å². The molecule has 1 fully saturated rings. The minimum atomic E-state index is -4.44. The summed E-state index contributed by atoms with van der Waals surface area (Å²) in [6.07, 6.45) is -3.93. The number of ether oxygens (including phenoxy) is 1. The largest absolute Gasteiger partial charge is 0.484 e. The van der Waals surface area contributed by atoms with Gasteiger partial charge in [-0.05, 0) is 48.4 Å². The van der Waals surface area contributed by atoms with E-state index in [0.717, 1.165) is 17.7 Å². The van der Waals surface area contributed by atoms with E-state index < -0.39 is 22.5 Å². The van der Waals surface area contributed by atoms with Crippen LogP contribution in [0.5, 0.6) is 5.75 Å². The lowest BCUT2D eigenvalue weighted by atomic mass is 10.2. The van der Waals surface area contributed by atoms with Crippen LogP contribution in [-0.4, -0.2) is 45.1 Å². The molecule has 3 rings (SSSR count). The van der Waals surface area contributed by atoms with Gasteiger partial charge in [0.25, 0.3) is 5.91 Å². The summed E-state index contributed by atoms with van der Waals surface area (Å²) in [4.78, 5) is 14.2. The van der Waals surface area contributed by atoms with E-state index in [0.29, 0.717) is 23.6 Å². The van der Waals surface area contributed by atoms with Gasteiger partial charge in [-0.1, -0.05) is 12.1 Å². The second kappa shape index (κ2) is 8.96. The summed E-state index contributed by atoms with van der Waals surface area (Å²) in [5.74, 6) is 0.253. The fourth-order valence-corrected chi connectivity index (χ4v) is 4.45. The highest BCUT2D eigenvalue weighted by Gasteiger charge is 2.33. The monoisotopic (exact) mass is 427 g/mol. The fraction of sp³-hybridized carbons (Fsp3) is 0.350. The first kappa shape index (κ1) is 21.3. The zero-order valence-corrected chi connectivity index (χ0v) is 16.2. The lowest BCUT2D eigenvalue weighted by Crippen LogP contribution is -2.34. The predicted molar refractivity (Wildman–Crippen MR) is 101 cm³/mol. The van der Waals surface area contributed by atoms with Crippen LogP contribution < -0.4 is 4.74 Å². The van der Waals surface area contributed by atoms with Crippen molar-refractivity contribution < 1.29 is 32.0 Å². The average Bonchev–Trinajstić information content (AvgIpc) is 3.21. The van der Waals surface area contributed by atoms with Gasteiger partial charge in [0.15, 0.2) is 6.61 Å². The number of carbonyl (C=O) groups excluding carboxylic acids is 1. The van der Waals surface area contributed by atoms with Gasteiger partial charge in [-0.25, -0.2) is 0 Å². The van der Waals surface area contributed by atoms with Crippen LogP contribution >= 0.6 is 0 Å². The normalized spacial score (nSPS) is 17.9. The number of aliphatic hydroxyl groups is 1. The van der Waals surface area contributed by atoms with E-state index in [4.69, 9.17) is 9.84 Å². The summed E-state index contributed by atoms with van der Waals surface area (Å²) in [6, 6.07) is 11.0. The molecule has 0 saturated carbocycles. The molecular formula is C20H20F3NO4S. The molecule has 0 radical (unpaired) electrons. The van der Waals surface area contributed by atoms with E-state index >= 15 is 0 Å². The minimum Gasteiger partial charge on any atom is -0.484 e. The SMILES string of the molecule is O=C(COc1ccc(CO)cc1)N1CCC(S(=O)c2ccc(C(F)(F)F)cc2)C1. The number of alkyl halides is 3. The molecule has 2 unspecified atom stereocenters. The summed E-state index contributed by atoms with van der Waals surface area (Å²) < 4.78 is 56.1. The molecule has 2 aromatic carbocycles. The lowest BCUT2D eigenvalue weighted by molar-refractivity contribution is -0.137. The number of hydrogen-bond acceptors (Lipinski definition) is 4. The summed E-state index contributed by atoms with van der Waals surface area (Å²) in [5.41, 5.74) is -0.0533. The second-order valence-electron chi connectivity index (χ2n) is 6.66. The van der Waals surface area contributed by atoms with Crippen molar-refractivity contribution in [2.45, 2.75) is 29.3 Å². The zero-order valence-electron chi connectivity index (χ0n) is 15.4. The quantitative estimate of drug-likeness (QED) is 0.770.